The summed E-state index contributed by atoms with van der Waals surface area (Å²) in [6.07, 6.45) is 0.583. The second-order valence-corrected chi connectivity index (χ2v) is 6.62. The molecule has 0 N–H and O–H groups in total. The van der Waals surface area contributed by atoms with Gasteiger partial charge in [-0.2, -0.15) is 0 Å². The van der Waals surface area contributed by atoms with Crippen LogP contribution in [-0.4, -0.2) is 61.5 Å². The molecule has 0 spiro atoms. The molecule has 1 aliphatic rings. The Balaban J connectivity index is 2.30. The number of hydrogen-bond donors (Lipinski definition) is 0. The zero-order valence-corrected chi connectivity index (χ0v) is 14.8. The molecule has 1 fully saturated rings. The number of likely N-dealkylation sites (N-methyl/N-ethyl adjacent to an activating group) is 1. The topological polar surface area (TPSA) is 63.0 Å². The van der Waals surface area contributed by atoms with E-state index in [-0.39, 0.29) is 23.8 Å². The van der Waals surface area contributed by atoms with Crippen molar-refractivity contribution in [1.29, 1.82) is 0 Å². The van der Waals surface area contributed by atoms with Gasteiger partial charge in [-0.15, -0.1) is 0 Å². The number of nitrogens with zero attached hydrogens (tertiary/aromatic N) is 2. The van der Waals surface area contributed by atoms with Crippen LogP contribution >= 0.6 is 0 Å². The van der Waals surface area contributed by atoms with Crippen molar-refractivity contribution in [3.8, 4) is 0 Å². The summed E-state index contributed by atoms with van der Waals surface area (Å²) < 4.78 is 10.6. The molecule has 0 aliphatic carbocycles. The molecule has 0 saturated carbocycles. The van der Waals surface area contributed by atoms with Gasteiger partial charge in [0.2, 0.25) is 0 Å². The van der Waals surface area contributed by atoms with Crippen molar-refractivity contribution >= 4 is 11.9 Å². The van der Waals surface area contributed by atoms with E-state index in [0.717, 1.165) is 5.76 Å². The molecule has 0 unspecified atom stereocenters. The van der Waals surface area contributed by atoms with Crippen molar-refractivity contribution in [2.45, 2.75) is 45.2 Å². The van der Waals surface area contributed by atoms with Crippen molar-refractivity contribution in [2.24, 2.45) is 0 Å². The number of aryl methyl sites for hydroxylation is 1. The molecule has 0 bridgehead atoms. The van der Waals surface area contributed by atoms with Crippen molar-refractivity contribution in [3.05, 3.63) is 23.2 Å². The minimum atomic E-state index is -0.545. The SMILES string of the molecule is COC(=O)[C@@H]1C[C@@H](N(C)C)CN1C(=O)c1cc(C(C)C)oc1C. The Hall–Kier alpha value is -1.82. The zero-order chi connectivity index (χ0) is 17.3. The third-order valence-electron chi connectivity index (χ3n) is 4.48. The van der Waals surface area contributed by atoms with Gasteiger partial charge in [-0.25, -0.2) is 4.79 Å². The smallest absolute Gasteiger partial charge is 0.328 e. The van der Waals surface area contributed by atoms with E-state index in [0.29, 0.717) is 24.3 Å². The van der Waals surface area contributed by atoms with Crippen molar-refractivity contribution in [3.63, 3.8) is 0 Å². The number of likely N-dealkylation sites (tertiary alicyclic amines) is 1. The number of methoxy groups -OCH3 is 1. The first-order chi connectivity index (χ1) is 10.8. The Morgan fingerprint density at radius 1 is 1.39 bits per heavy atom. The Kier molecular flexibility index (Phi) is 5.14. The first kappa shape index (κ1) is 17.5. The van der Waals surface area contributed by atoms with Gasteiger partial charge in [-0.05, 0) is 33.5 Å². The first-order valence-corrected chi connectivity index (χ1v) is 7.91. The molecule has 1 aromatic heterocycles. The third kappa shape index (κ3) is 3.42. The monoisotopic (exact) mass is 322 g/mol. The van der Waals surface area contributed by atoms with Gasteiger partial charge in [-0.3, -0.25) is 4.79 Å². The van der Waals surface area contributed by atoms with Crippen molar-refractivity contribution in [1.82, 2.24) is 9.80 Å². The maximum Gasteiger partial charge on any atom is 0.328 e. The predicted molar refractivity (Wildman–Crippen MR) is 86.5 cm³/mol. The lowest BCUT2D eigenvalue weighted by Crippen LogP contribution is -2.41. The first-order valence-electron chi connectivity index (χ1n) is 7.91. The normalized spacial score (nSPS) is 21.3. The molecule has 128 valence electrons. The van der Waals surface area contributed by atoms with Gasteiger partial charge in [0.15, 0.2) is 0 Å². The average molecular weight is 322 g/mol. The Morgan fingerprint density at radius 2 is 2.04 bits per heavy atom. The quantitative estimate of drug-likeness (QED) is 0.794. The number of carbonyl (C=O) groups excluding carboxylic acids is 2. The minimum absolute atomic E-state index is 0.139. The van der Waals surface area contributed by atoms with E-state index >= 15 is 0 Å². The molecule has 1 saturated heterocycles. The highest BCUT2D eigenvalue weighted by atomic mass is 16.5. The minimum Gasteiger partial charge on any atom is -0.467 e. The van der Waals surface area contributed by atoms with E-state index < -0.39 is 6.04 Å². The van der Waals surface area contributed by atoms with Crippen LogP contribution in [0.25, 0.3) is 0 Å². The lowest BCUT2D eigenvalue weighted by molar-refractivity contribution is -0.145. The van der Waals surface area contributed by atoms with Gasteiger partial charge < -0.3 is 19.0 Å². The van der Waals surface area contributed by atoms with Gasteiger partial charge >= 0.3 is 5.97 Å². The molecule has 1 amide bonds. The summed E-state index contributed by atoms with van der Waals surface area (Å²) in [5.41, 5.74) is 0.530. The summed E-state index contributed by atoms with van der Waals surface area (Å²) >= 11 is 0. The lowest BCUT2D eigenvalue weighted by atomic mass is 10.1. The average Bonchev–Trinajstić information content (AvgIpc) is 3.09. The molecule has 1 aromatic rings. The highest BCUT2D eigenvalue weighted by Crippen LogP contribution is 2.28. The molecule has 2 atom stereocenters. The fraction of sp³-hybridized carbons (Fsp3) is 0.647. The van der Waals surface area contributed by atoms with Crippen LogP contribution in [0.1, 0.15) is 48.1 Å². The van der Waals surface area contributed by atoms with Gasteiger partial charge in [0, 0.05) is 18.5 Å². The second-order valence-electron chi connectivity index (χ2n) is 6.62. The molecular weight excluding hydrogens is 296 g/mol. The molecule has 6 nitrogen and oxygen atoms in total. The largest absolute Gasteiger partial charge is 0.467 e. The summed E-state index contributed by atoms with van der Waals surface area (Å²) in [6.45, 7) is 6.32. The number of rotatable bonds is 4. The van der Waals surface area contributed by atoms with Gasteiger partial charge in [-0.1, -0.05) is 13.8 Å². The van der Waals surface area contributed by atoms with E-state index in [1.165, 1.54) is 7.11 Å². The lowest BCUT2D eigenvalue weighted by Gasteiger charge is -2.22. The Morgan fingerprint density at radius 3 is 2.52 bits per heavy atom. The van der Waals surface area contributed by atoms with Crippen LogP contribution in [0.2, 0.25) is 0 Å². The summed E-state index contributed by atoms with van der Waals surface area (Å²) in [5, 5.41) is 0. The number of carbonyl (C=O) groups is 2. The second kappa shape index (κ2) is 6.74. The van der Waals surface area contributed by atoms with Crippen LogP contribution in [0.5, 0.6) is 0 Å². The van der Waals surface area contributed by atoms with Gasteiger partial charge in [0.25, 0.3) is 5.91 Å². The standard InChI is InChI=1S/C17H26N2O4/c1-10(2)15-8-13(11(3)23-15)16(20)19-9-12(18(4)5)7-14(19)17(21)22-6/h8,10,12,14H,7,9H2,1-6H3/t12-,14+/m1/s1. The van der Waals surface area contributed by atoms with Crippen LogP contribution < -0.4 is 0 Å². The van der Waals surface area contributed by atoms with E-state index in [1.807, 2.05) is 32.8 Å². The van der Waals surface area contributed by atoms with Crippen molar-refractivity contribution < 1.29 is 18.7 Å². The van der Waals surface area contributed by atoms with Crippen LogP contribution in [0, 0.1) is 6.92 Å². The number of furan rings is 1. The molecule has 0 aromatic carbocycles. The highest BCUT2D eigenvalue weighted by Gasteiger charge is 2.42. The van der Waals surface area contributed by atoms with E-state index in [2.05, 4.69) is 0 Å². The molecule has 2 rings (SSSR count). The van der Waals surface area contributed by atoms with Crippen LogP contribution in [0.15, 0.2) is 10.5 Å². The van der Waals surface area contributed by atoms with Crippen LogP contribution in [0.3, 0.4) is 0 Å². The highest BCUT2D eigenvalue weighted by molar-refractivity contribution is 5.98. The molecule has 2 heterocycles. The van der Waals surface area contributed by atoms with Crippen molar-refractivity contribution in [2.75, 3.05) is 27.7 Å². The molecule has 6 heteroatoms. The Labute approximate surface area is 137 Å². The summed E-state index contributed by atoms with van der Waals surface area (Å²) in [6, 6.07) is 1.39. The Bertz CT molecular complexity index is 591. The number of esters is 1. The summed E-state index contributed by atoms with van der Waals surface area (Å²) in [4.78, 5) is 28.7. The zero-order valence-electron chi connectivity index (χ0n) is 14.8. The fourth-order valence-corrected chi connectivity index (χ4v) is 2.93. The fourth-order valence-electron chi connectivity index (χ4n) is 2.93. The molecule has 1 aliphatic heterocycles. The maximum atomic E-state index is 12.9. The number of ether oxygens (including phenoxy) is 1. The van der Waals surface area contributed by atoms with Gasteiger partial charge in [0.05, 0.1) is 12.7 Å². The molecular formula is C17H26N2O4. The maximum absolute atomic E-state index is 12.9. The molecule has 23 heavy (non-hydrogen) atoms. The van der Waals surface area contributed by atoms with E-state index in [4.69, 9.17) is 9.15 Å². The summed E-state index contributed by atoms with van der Waals surface area (Å²) in [5.74, 6) is 1.05. The van der Waals surface area contributed by atoms with E-state index in [9.17, 15) is 9.59 Å². The van der Waals surface area contributed by atoms with Gasteiger partial charge in [0.1, 0.15) is 17.6 Å². The molecule has 0 radical (unpaired) electrons. The van der Waals surface area contributed by atoms with E-state index in [1.54, 1.807) is 17.9 Å². The van der Waals surface area contributed by atoms with Crippen LogP contribution in [-0.2, 0) is 9.53 Å². The predicted octanol–water partition coefficient (Wildman–Crippen LogP) is 2.03. The third-order valence-corrected chi connectivity index (χ3v) is 4.48. The summed E-state index contributed by atoms with van der Waals surface area (Å²) in [7, 11) is 5.26. The van der Waals surface area contributed by atoms with Crippen LogP contribution in [0.4, 0.5) is 0 Å². The number of amides is 1. The number of hydrogen-bond acceptors (Lipinski definition) is 5.